The van der Waals surface area contributed by atoms with Gasteiger partial charge < -0.3 is 15.4 Å². The SMILES string of the molecule is CC(=O)CC(=O)Nc1ccc(Oc2ccc(NC(=O)CC(C)=O)cc2)cc1. The Bertz CT molecular complexity index is 770. The third kappa shape index (κ3) is 7.11. The first-order chi connectivity index (χ1) is 12.8. The minimum Gasteiger partial charge on any atom is -0.457 e. The van der Waals surface area contributed by atoms with Gasteiger partial charge in [-0.15, -0.1) is 0 Å². The zero-order valence-corrected chi connectivity index (χ0v) is 15.1. The number of carbonyl (C=O) groups excluding carboxylic acids is 4. The van der Waals surface area contributed by atoms with E-state index in [2.05, 4.69) is 10.6 Å². The van der Waals surface area contributed by atoms with Gasteiger partial charge >= 0.3 is 0 Å². The smallest absolute Gasteiger partial charge is 0.231 e. The average molecular weight is 368 g/mol. The Kier molecular flexibility index (Phi) is 6.82. The van der Waals surface area contributed by atoms with Gasteiger partial charge in [0.1, 0.15) is 23.1 Å². The van der Waals surface area contributed by atoms with Crippen LogP contribution in [0.1, 0.15) is 26.7 Å². The summed E-state index contributed by atoms with van der Waals surface area (Å²) in [6.45, 7) is 2.72. The summed E-state index contributed by atoms with van der Waals surface area (Å²) in [6, 6.07) is 13.4. The minimum absolute atomic E-state index is 0.159. The summed E-state index contributed by atoms with van der Waals surface area (Å²) < 4.78 is 5.69. The van der Waals surface area contributed by atoms with E-state index < -0.39 is 0 Å². The highest BCUT2D eigenvalue weighted by Gasteiger charge is 2.07. The molecule has 2 N–H and O–H groups in total. The van der Waals surface area contributed by atoms with Crippen molar-refractivity contribution in [1.29, 1.82) is 0 Å². The van der Waals surface area contributed by atoms with Crippen molar-refractivity contribution in [2.75, 3.05) is 10.6 Å². The maximum absolute atomic E-state index is 11.6. The zero-order valence-electron chi connectivity index (χ0n) is 15.1. The van der Waals surface area contributed by atoms with Gasteiger partial charge in [0.05, 0.1) is 12.8 Å². The first-order valence-electron chi connectivity index (χ1n) is 8.28. The van der Waals surface area contributed by atoms with Crippen LogP contribution in [0.15, 0.2) is 48.5 Å². The number of carbonyl (C=O) groups is 4. The summed E-state index contributed by atoms with van der Waals surface area (Å²) in [7, 11) is 0. The number of Topliss-reactive ketones (excluding diaryl/α,β-unsaturated/α-hetero) is 2. The van der Waals surface area contributed by atoms with E-state index in [-0.39, 0.29) is 36.2 Å². The fourth-order valence-electron chi connectivity index (χ4n) is 2.21. The molecule has 0 saturated carbocycles. The Morgan fingerprint density at radius 2 is 1.00 bits per heavy atom. The first-order valence-corrected chi connectivity index (χ1v) is 8.28. The summed E-state index contributed by atoms with van der Waals surface area (Å²) in [6.07, 6.45) is -0.318. The van der Waals surface area contributed by atoms with Crippen LogP contribution in [0.2, 0.25) is 0 Å². The van der Waals surface area contributed by atoms with Gasteiger partial charge in [-0.05, 0) is 62.4 Å². The van der Waals surface area contributed by atoms with E-state index in [4.69, 9.17) is 4.74 Å². The van der Waals surface area contributed by atoms with Crippen molar-refractivity contribution in [3.8, 4) is 11.5 Å². The molecule has 0 heterocycles. The van der Waals surface area contributed by atoms with E-state index in [1.54, 1.807) is 48.5 Å². The highest BCUT2D eigenvalue weighted by atomic mass is 16.5. The number of ketones is 2. The Balaban J connectivity index is 1.91. The predicted molar refractivity (Wildman–Crippen MR) is 101 cm³/mol. The van der Waals surface area contributed by atoms with Gasteiger partial charge in [-0.3, -0.25) is 19.2 Å². The maximum Gasteiger partial charge on any atom is 0.231 e. The molecule has 7 nitrogen and oxygen atoms in total. The lowest BCUT2D eigenvalue weighted by Crippen LogP contribution is -2.14. The van der Waals surface area contributed by atoms with Crippen LogP contribution in [0, 0.1) is 0 Å². The van der Waals surface area contributed by atoms with E-state index in [1.807, 2.05) is 0 Å². The van der Waals surface area contributed by atoms with E-state index in [1.165, 1.54) is 13.8 Å². The van der Waals surface area contributed by atoms with E-state index in [0.29, 0.717) is 22.9 Å². The molecule has 0 radical (unpaired) electrons. The molecule has 2 rings (SSSR count). The molecular weight excluding hydrogens is 348 g/mol. The maximum atomic E-state index is 11.6. The van der Waals surface area contributed by atoms with Gasteiger partial charge in [-0.1, -0.05) is 0 Å². The molecule has 27 heavy (non-hydrogen) atoms. The van der Waals surface area contributed by atoms with Crippen LogP contribution in [-0.2, 0) is 19.2 Å². The third-order valence-corrected chi connectivity index (χ3v) is 3.33. The molecule has 0 saturated heterocycles. The highest BCUT2D eigenvalue weighted by molar-refractivity contribution is 6.04. The third-order valence-electron chi connectivity index (χ3n) is 3.33. The summed E-state index contributed by atoms with van der Waals surface area (Å²) in [5, 5.41) is 5.25. The molecule has 0 atom stereocenters. The highest BCUT2D eigenvalue weighted by Crippen LogP contribution is 2.24. The van der Waals surface area contributed by atoms with Crippen LogP contribution in [0.3, 0.4) is 0 Å². The van der Waals surface area contributed by atoms with Gasteiger partial charge in [0.25, 0.3) is 0 Å². The molecule has 0 bridgehead atoms. The topological polar surface area (TPSA) is 102 Å². The molecule has 0 aromatic heterocycles. The number of hydrogen-bond donors (Lipinski definition) is 2. The molecule has 2 amide bonds. The largest absolute Gasteiger partial charge is 0.457 e. The van der Waals surface area contributed by atoms with Crippen molar-refractivity contribution in [2.24, 2.45) is 0 Å². The van der Waals surface area contributed by atoms with E-state index >= 15 is 0 Å². The second-order valence-electron chi connectivity index (χ2n) is 6.00. The van der Waals surface area contributed by atoms with Crippen molar-refractivity contribution < 1.29 is 23.9 Å². The van der Waals surface area contributed by atoms with Crippen LogP contribution in [0.5, 0.6) is 11.5 Å². The van der Waals surface area contributed by atoms with Gasteiger partial charge in [-0.2, -0.15) is 0 Å². The molecule has 0 aliphatic heterocycles. The van der Waals surface area contributed by atoms with Crippen molar-refractivity contribution in [3.05, 3.63) is 48.5 Å². The molecule has 0 aliphatic carbocycles. The number of anilines is 2. The molecular formula is C20H20N2O5. The Hall–Kier alpha value is -3.48. The summed E-state index contributed by atoms with van der Waals surface area (Å²) in [4.78, 5) is 44.9. The van der Waals surface area contributed by atoms with E-state index in [0.717, 1.165) is 0 Å². The number of benzene rings is 2. The summed E-state index contributed by atoms with van der Waals surface area (Å²) in [5.41, 5.74) is 1.13. The van der Waals surface area contributed by atoms with Gasteiger partial charge in [0, 0.05) is 11.4 Å². The van der Waals surface area contributed by atoms with Crippen LogP contribution in [0.4, 0.5) is 11.4 Å². The Morgan fingerprint density at radius 3 is 1.30 bits per heavy atom. The zero-order chi connectivity index (χ0) is 19.8. The molecule has 0 unspecified atom stereocenters. The minimum atomic E-state index is -0.362. The summed E-state index contributed by atoms with van der Waals surface area (Å²) >= 11 is 0. The van der Waals surface area contributed by atoms with Gasteiger partial charge in [0.15, 0.2) is 0 Å². The lowest BCUT2D eigenvalue weighted by molar-refractivity contribution is -0.125. The van der Waals surface area contributed by atoms with Crippen LogP contribution in [-0.4, -0.2) is 23.4 Å². The molecule has 2 aromatic carbocycles. The molecule has 140 valence electrons. The molecule has 2 aromatic rings. The number of nitrogens with one attached hydrogen (secondary N) is 2. The Morgan fingerprint density at radius 1 is 0.667 bits per heavy atom. The lowest BCUT2D eigenvalue weighted by atomic mass is 10.2. The number of ether oxygens (including phenoxy) is 1. The number of hydrogen-bond acceptors (Lipinski definition) is 5. The van der Waals surface area contributed by atoms with Crippen LogP contribution >= 0.6 is 0 Å². The van der Waals surface area contributed by atoms with Crippen LogP contribution < -0.4 is 15.4 Å². The monoisotopic (exact) mass is 368 g/mol. The van der Waals surface area contributed by atoms with Gasteiger partial charge in [-0.25, -0.2) is 0 Å². The second-order valence-corrected chi connectivity index (χ2v) is 6.00. The normalized spacial score (nSPS) is 10.0. The second kappa shape index (κ2) is 9.28. The molecule has 0 spiro atoms. The average Bonchev–Trinajstić information content (AvgIpc) is 2.57. The number of amides is 2. The van der Waals surface area contributed by atoms with Crippen molar-refractivity contribution in [1.82, 2.24) is 0 Å². The van der Waals surface area contributed by atoms with Crippen molar-refractivity contribution in [3.63, 3.8) is 0 Å². The number of rotatable bonds is 8. The van der Waals surface area contributed by atoms with Crippen molar-refractivity contribution in [2.45, 2.75) is 26.7 Å². The summed E-state index contributed by atoms with van der Waals surface area (Å²) in [5.74, 6) is -0.000198. The van der Waals surface area contributed by atoms with Crippen LogP contribution in [0.25, 0.3) is 0 Å². The van der Waals surface area contributed by atoms with E-state index in [9.17, 15) is 19.2 Å². The fourth-order valence-corrected chi connectivity index (χ4v) is 2.21. The van der Waals surface area contributed by atoms with Crippen molar-refractivity contribution >= 4 is 34.8 Å². The standard InChI is InChI=1S/C20H20N2O5/c1-13(23)11-19(25)21-15-3-7-17(8-4-15)27-18-9-5-16(6-10-18)22-20(26)12-14(2)24/h3-10H,11-12H2,1-2H3,(H,21,25)(H,22,26). The first kappa shape index (κ1) is 19.8. The molecule has 0 aliphatic rings. The molecule has 7 heteroatoms. The predicted octanol–water partition coefficient (Wildman–Crippen LogP) is 3.31. The Labute approximate surface area is 156 Å². The lowest BCUT2D eigenvalue weighted by Gasteiger charge is -2.09. The van der Waals surface area contributed by atoms with Gasteiger partial charge in [0.2, 0.25) is 11.8 Å². The quantitative estimate of drug-likeness (QED) is 0.696. The fraction of sp³-hybridized carbons (Fsp3) is 0.200. The molecule has 0 fully saturated rings.